The summed E-state index contributed by atoms with van der Waals surface area (Å²) in [7, 11) is -3.18. The van der Waals surface area contributed by atoms with E-state index < -0.39 is 10.0 Å². The van der Waals surface area contributed by atoms with Gasteiger partial charge in [-0.05, 0) is 30.9 Å². The third-order valence-electron chi connectivity index (χ3n) is 4.58. The largest absolute Gasteiger partial charge is 0.334 e. The maximum atomic E-state index is 12.6. The standard InChI is InChI=1S/C15H20N2O3S/c1-21(19,20)16-9-7-12-8-10-17(14(12)11-16)15(18)13-5-3-2-4-6-13/h2-6,12,14H,7-11H2,1H3. The van der Waals surface area contributed by atoms with E-state index >= 15 is 0 Å². The van der Waals surface area contributed by atoms with E-state index in [0.29, 0.717) is 24.6 Å². The minimum Gasteiger partial charge on any atom is -0.334 e. The summed E-state index contributed by atoms with van der Waals surface area (Å²) in [4.78, 5) is 14.5. The third-order valence-corrected chi connectivity index (χ3v) is 5.85. The highest BCUT2D eigenvalue weighted by molar-refractivity contribution is 7.88. The van der Waals surface area contributed by atoms with Gasteiger partial charge in [-0.2, -0.15) is 0 Å². The molecule has 114 valence electrons. The van der Waals surface area contributed by atoms with Crippen LogP contribution >= 0.6 is 0 Å². The summed E-state index contributed by atoms with van der Waals surface area (Å²) in [5, 5.41) is 0. The number of carbonyl (C=O) groups is 1. The summed E-state index contributed by atoms with van der Waals surface area (Å²) < 4.78 is 25.0. The van der Waals surface area contributed by atoms with Gasteiger partial charge in [0.05, 0.1) is 6.26 Å². The number of fused-ring (bicyclic) bond motifs is 1. The molecule has 5 nitrogen and oxygen atoms in total. The van der Waals surface area contributed by atoms with Gasteiger partial charge < -0.3 is 4.90 Å². The quantitative estimate of drug-likeness (QED) is 0.824. The molecule has 0 bridgehead atoms. The number of amides is 1. The maximum Gasteiger partial charge on any atom is 0.254 e. The molecular formula is C15H20N2O3S. The number of rotatable bonds is 2. The second kappa shape index (κ2) is 5.42. The van der Waals surface area contributed by atoms with Gasteiger partial charge in [0.25, 0.3) is 5.91 Å². The fourth-order valence-electron chi connectivity index (χ4n) is 3.41. The first kappa shape index (κ1) is 14.5. The van der Waals surface area contributed by atoms with Gasteiger partial charge in [-0.3, -0.25) is 4.79 Å². The Kier molecular flexibility index (Phi) is 3.75. The SMILES string of the molecule is CS(=O)(=O)N1CCC2CCN(C(=O)c3ccccc3)C2C1. The molecule has 6 heteroatoms. The Morgan fingerprint density at radius 3 is 2.48 bits per heavy atom. The molecule has 2 unspecified atom stereocenters. The first-order valence-electron chi connectivity index (χ1n) is 7.28. The van der Waals surface area contributed by atoms with Crippen molar-refractivity contribution in [3.63, 3.8) is 0 Å². The summed E-state index contributed by atoms with van der Waals surface area (Å²) in [6.07, 6.45) is 3.06. The molecule has 2 saturated heterocycles. The molecule has 0 aromatic heterocycles. The van der Waals surface area contributed by atoms with Crippen LogP contribution in [-0.4, -0.2) is 55.5 Å². The number of carbonyl (C=O) groups excluding carboxylic acids is 1. The highest BCUT2D eigenvalue weighted by Gasteiger charge is 2.42. The fraction of sp³-hybridized carbons (Fsp3) is 0.533. The summed E-state index contributed by atoms with van der Waals surface area (Å²) >= 11 is 0. The average molecular weight is 308 g/mol. The number of piperidine rings is 1. The average Bonchev–Trinajstić information content (AvgIpc) is 2.89. The lowest BCUT2D eigenvalue weighted by atomic mass is 9.93. The van der Waals surface area contributed by atoms with E-state index in [9.17, 15) is 13.2 Å². The number of nitrogens with zero attached hydrogens (tertiary/aromatic N) is 2. The lowest BCUT2D eigenvalue weighted by Gasteiger charge is -2.37. The van der Waals surface area contributed by atoms with Crippen LogP contribution < -0.4 is 0 Å². The van der Waals surface area contributed by atoms with Gasteiger partial charge in [0, 0.05) is 31.2 Å². The normalized spacial score (nSPS) is 26.6. The van der Waals surface area contributed by atoms with Crippen molar-refractivity contribution in [1.82, 2.24) is 9.21 Å². The fourth-order valence-corrected chi connectivity index (χ4v) is 4.27. The van der Waals surface area contributed by atoms with E-state index in [-0.39, 0.29) is 11.9 Å². The van der Waals surface area contributed by atoms with Crippen molar-refractivity contribution in [3.05, 3.63) is 35.9 Å². The summed E-state index contributed by atoms with van der Waals surface area (Å²) in [5.74, 6) is 0.439. The molecule has 2 heterocycles. The minimum absolute atomic E-state index is 0.0125. The van der Waals surface area contributed by atoms with Gasteiger partial charge in [-0.15, -0.1) is 0 Å². The molecule has 0 spiro atoms. The highest BCUT2D eigenvalue weighted by Crippen LogP contribution is 2.33. The maximum absolute atomic E-state index is 12.6. The van der Waals surface area contributed by atoms with Crippen LogP contribution in [0.15, 0.2) is 30.3 Å². The molecule has 3 rings (SSSR count). The van der Waals surface area contributed by atoms with Gasteiger partial charge in [0.1, 0.15) is 0 Å². The van der Waals surface area contributed by atoms with Gasteiger partial charge in [-0.25, -0.2) is 12.7 Å². The Balaban J connectivity index is 1.80. The van der Waals surface area contributed by atoms with Crippen LogP contribution in [0.1, 0.15) is 23.2 Å². The number of hydrogen-bond donors (Lipinski definition) is 0. The molecule has 2 fully saturated rings. The zero-order valence-electron chi connectivity index (χ0n) is 12.1. The number of hydrogen-bond acceptors (Lipinski definition) is 3. The predicted octanol–water partition coefficient (Wildman–Crippen LogP) is 1.18. The second-order valence-corrected chi connectivity index (χ2v) is 7.87. The zero-order chi connectivity index (χ0) is 15.0. The topological polar surface area (TPSA) is 57.7 Å². The Hall–Kier alpha value is -1.40. The van der Waals surface area contributed by atoms with E-state index in [1.165, 1.54) is 10.6 Å². The van der Waals surface area contributed by atoms with Gasteiger partial charge >= 0.3 is 0 Å². The Labute approximate surface area is 125 Å². The molecule has 0 N–H and O–H groups in total. The Morgan fingerprint density at radius 1 is 1.14 bits per heavy atom. The zero-order valence-corrected chi connectivity index (χ0v) is 12.9. The Bertz CT molecular complexity index is 630. The van der Waals surface area contributed by atoms with Crippen molar-refractivity contribution in [1.29, 1.82) is 0 Å². The number of benzene rings is 1. The first-order valence-corrected chi connectivity index (χ1v) is 9.13. The third kappa shape index (κ3) is 2.82. The minimum atomic E-state index is -3.18. The van der Waals surface area contributed by atoms with Crippen molar-refractivity contribution < 1.29 is 13.2 Å². The van der Waals surface area contributed by atoms with Crippen LogP contribution in [0.2, 0.25) is 0 Å². The lowest BCUT2D eigenvalue weighted by molar-refractivity contribution is 0.0667. The predicted molar refractivity (Wildman–Crippen MR) is 80.4 cm³/mol. The van der Waals surface area contributed by atoms with E-state index in [0.717, 1.165) is 19.4 Å². The van der Waals surface area contributed by atoms with E-state index in [1.54, 1.807) is 0 Å². The van der Waals surface area contributed by atoms with Crippen LogP contribution in [0.3, 0.4) is 0 Å². The molecule has 0 radical (unpaired) electrons. The van der Waals surface area contributed by atoms with Crippen LogP contribution in [0, 0.1) is 5.92 Å². The van der Waals surface area contributed by atoms with Gasteiger partial charge in [0.15, 0.2) is 0 Å². The van der Waals surface area contributed by atoms with E-state index in [1.807, 2.05) is 35.2 Å². The van der Waals surface area contributed by atoms with Crippen LogP contribution in [0.5, 0.6) is 0 Å². The molecule has 1 aromatic rings. The lowest BCUT2D eigenvalue weighted by Crippen LogP contribution is -2.51. The monoisotopic (exact) mass is 308 g/mol. The summed E-state index contributed by atoms with van der Waals surface area (Å²) in [5.41, 5.74) is 0.676. The van der Waals surface area contributed by atoms with Crippen LogP contribution in [0.4, 0.5) is 0 Å². The first-order chi connectivity index (χ1) is 9.97. The summed E-state index contributed by atoms with van der Waals surface area (Å²) in [6, 6.07) is 9.23. The smallest absolute Gasteiger partial charge is 0.254 e. The van der Waals surface area contributed by atoms with Crippen molar-refractivity contribution in [2.75, 3.05) is 25.9 Å². The molecule has 1 aromatic carbocycles. The number of sulfonamides is 1. The van der Waals surface area contributed by atoms with Crippen LogP contribution in [-0.2, 0) is 10.0 Å². The highest BCUT2D eigenvalue weighted by atomic mass is 32.2. The van der Waals surface area contributed by atoms with E-state index in [2.05, 4.69) is 0 Å². The molecule has 0 aliphatic carbocycles. The van der Waals surface area contributed by atoms with Crippen molar-refractivity contribution in [3.8, 4) is 0 Å². The Morgan fingerprint density at radius 2 is 1.81 bits per heavy atom. The summed E-state index contributed by atoms with van der Waals surface area (Å²) in [6.45, 7) is 1.73. The van der Waals surface area contributed by atoms with Crippen LogP contribution in [0.25, 0.3) is 0 Å². The molecular weight excluding hydrogens is 288 g/mol. The van der Waals surface area contributed by atoms with Gasteiger partial charge in [0.2, 0.25) is 10.0 Å². The molecule has 0 saturated carbocycles. The molecule has 2 atom stereocenters. The molecule has 1 amide bonds. The van der Waals surface area contributed by atoms with E-state index in [4.69, 9.17) is 0 Å². The van der Waals surface area contributed by atoms with Crippen molar-refractivity contribution in [2.24, 2.45) is 5.92 Å². The molecule has 2 aliphatic rings. The van der Waals surface area contributed by atoms with Crippen molar-refractivity contribution >= 4 is 15.9 Å². The van der Waals surface area contributed by atoms with Crippen molar-refractivity contribution in [2.45, 2.75) is 18.9 Å². The van der Waals surface area contributed by atoms with Gasteiger partial charge in [-0.1, -0.05) is 18.2 Å². The second-order valence-electron chi connectivity index (χ2n) is 5.89. The molecule has 2 aliphatic heterocycles. The molecule has 21 heavy (non-hydrogen) atoms. The number of likely N-dealkylation sites (tertiary alicyclic amines) is 1.